The summed E-state index contributed by atoms with van der Waals surface area (Å²) in [6.45, 7) is 3.43. The van der Waals surface area contributed by atoms with Gasteiger partial charge in [0.1, 0.15) is 16.6 Å². The Kier molecular flexibility index (Phi) is 4.24. The van der Waals surface area contributed by atoms with E-state index >= 15 is 0 Å². The predicted molar refractivity (Wildman–Crippen MR) is 95.5 cm³/mol. The molecule has 0 radical (unpaired) electrons. The highest BCUT2D eigenvalue weighted by Gasteiger charge is 2.65. The monoisotopic (exact) mass is 380 g/mol. The number of hydrogen-bond acceptors (Lipinski definition) is 5. The first-order valence-electron chi connectivity index (χ1n) is 8.95. The minimum atomic E-state index is -3.34. The lowest BCUT2D eigenvalue weighted by molar-refractivity contribution is -0.150. The fourth-order valence-corrected chi connectivity index (χ4v) is 6.78. The molecule has 3 heterocycles. The Balaban J connectivity index is 1.51. The van der Waals surface area contributed by atoms with Gasteiger partial charge in [-0.05, 0) is 24.1 Å². The van der Waals surface area contributed by atoms with Crippen LogP contribution in [0.25, 0.3) is 0 Å². The third-order valence-electron chi connectivity index (χ3n) is 5.73. The van der Waals surface area contributed by atoms with Crippen LogP contribution in [-0.2, 0) is 26.0 Å². The number of carbonyl (C=O) groups excluding carboxylic acids is 1. The molecule has 1 amide bonds. The van der Waals surface area contributed by atoms with Gasteiger partial charge in [0.05, 0.1) is 26.2 Å². The van der Waals surface area contributed by atoms with E-state index in [1.807, 2.05) is 31.2 Å². The lowest BCUT2D eigenvalue weighted by Gasteiger charge is -2.39. The van der Waals surface area contributed by atoms with Gasteiger partial charge in [-0.25, -0.2) is 8.42 Å². The third-order valence-corrected chi connectivity index (χ3v) is 8.18. The summed E-state index contributed by atoms with van der Waals surface area (Å²) in [6.07, 6.45) is 0.578. The molecule has 0 aromatic heterocycles. The maximum Gasteiger partial charge on any atom is 0.227 e. The normalized spacial score (nSPS) is 32.5. The molecule has 3 fully saturated rings. The number of rotatable bonds is 4. The first kappa shape index (κ1) is 17.8. The largest absolute Gasteiger partial charge is 0.497 e. The van der Waals surface area contributed by atoms with Gasteiger partial charge >= 0.3 is 0 Å². The zero-order valence-corrected chi connectivity index (χ0v) is 15.9. The zero-order chi connectivity index (χ0) is 18.5. The first-order valence-corrected chi connectivity index (χ1v) is 10.5. The van der Waals surface area contributed by atoms with E-state index in [1.54, 1.807) is 12.0 Å². The molecule has 0 N–H and O–H groups in total. The first-order chi connectivity index (χ1) is 12.4. The number of benzene rings is 1. The van der Waals surface area contributed by atoms with E-state index in [4.69, 9.17) is 9.47 Å². The molecular formula is C18H24N2O5S. The summed E-state index contributed by atoms with van der Waals surface area (Å²) in [5.74, 6) is 0.763. The van der Waals surface area contributed by atoms with Gasteiger partial charge in [-0.3, -0.25) is 4.79 Å². The fraction of sp³-hybridized carbons (Fsp3) is 0.611. The molecule has 7 nitrogen and oxygen atoms in total. The van der Waals surface area contributed by atoms with Gasteiger partial charge in [-0.1, -0.05) is 19.1 Å². The van der Waals surface area contributed by atoms with E-state index < -0.39 is 20.9 Å². The van der Waals surface area contributed by atoms with Gasteiger partial charge in [0.25, 0.3) is 0 Å². The molecule has 1 aromatic rings. The minimum Gasteiger partial charge on any atom is -0.497 e. The summed E-state index contributed by atoms with van der Waals surface area (Å²) in [7, 11) is -1.73. The molecule has 3 atom stereocenters. The number of methoxy groups -OCH3 is 1. The van der Waals surface area contributed by atoms with Crippen LogP contribution in [0.5, 0.6) is 5.75 Å². The van der Waals surface area contributed by atoms with Gasteiger partial charge in [0.2, 0.25) is 15.9 Å². The van der Waals surface area contributed by atoms with Gasteiger partial charge in [0, 0.05) is 19.6 Å². The van der Waals surface area contributed by atoms with Gasteiger partial charge < -0.3 is 14.4 Å². The van der Waals surface area contributed by atoms with Gasteiger partial charge in [0.15, 0.2) is 0 Å². The Hall–Kier alpha value is -1.64. The molecule has 3 aliphatic rings. The summed E-state index contributed by atoms with van der Waals surface area (Å²) < 4.78 is 38.1. The van der Waals surface area contributed by atoms with Crippen LogP contribution >= 0.6 is 0 Å². The Morgan fingerprint density at radius 2 is 2.04 bits per heavy atom. The number of morpholine rings is 1. The van der Waals surface area contributed by atoms with Crippen molar-refractivity contribution in [2.24, 2.45) is 0 Å². The fourth-order valence-electron chi connectivity index (χ4n) is 4.46. The maximum absolute atomic E-state index is 12.8. The van der Waals surface area contributed by atoms with E-state index in [0.717, 1.165) is 11.3 Å². The predicted octanol–water partition coefficient (Wildman–Crippen LogP) is 0.642. The Bertz CT molecular complexity index is 809. The molecule has 142 valence electrons. The SMILES string of the molecule is CCN1C[C@]23CN(C(=O)Cc4ccc(OC)cc4)C[C@H](C[C@H]2S1(=O)=O)O3. The molecule has 3 saturated heterocycles. The van der Waals surface area contributed by atoms with Crippen molar-refractivity contribution in [3.05, 3.63) is 29.8 Å². The van der Waals surface area contributed by atoms with Gasteiger partial charge in [-0.15, -0.1) is 0 Å². The number of amides is 1. The van der Waals surface area contributed by atoms with Crippen molar-refractivity contribution >= 4 is 15.9 Å². The Morgan fingerprint density at radius 3 is 2.69 bits per heavy atom. The molecule has 2 bridgehead atoms. The van der Waals surface area contributed by atoms with Crippen LogP contribution in [0.3, 0.4) is 0 Å². The number of fused-ring (bicyclic) bond motifs is 1. The molecule has 1 spiro atoms. The van der Waals surface area contributed by atoms with Crippen molar-refractivity contribution < 1.29 is 22.7 Å². The van der Waals surface area contributed by atoms with Crippen LogP contribution in [0.1, 0.15) is 18.9 Å². The van der Waals surface area contributed by atoms with E-state index in [0.29, 0.717) is 39.0 Å². The smallest absolute Gasteiger partial charge is 0.227 e. The Morgan fingerprint density at radius 1 is 1.31 bits per heavy atom. The van der Waals surface area contributed by atoms with Crippen molar-refractivity contribution in [1.82, 2.24) is 9.21 Å². The van der Waals surface area contributed by atoms with Crippen LogP contribution in [0.2, 0.25) is 0 Å². The standard InChI is InChI=1S/C18H24N2O5S/c1-3-20-12-18-11-19(10-15(25-18)9-16(18)26(20,22)23)17(21)8-13-4-6-14(24-2)7-5-13/h4-7,15-16H,3,8-12H2,1-2H3/t15-,16+,18+/m0/s1. The molecule has 0 saturated carbocycles. The van der Waals surface area contributed by atoms with Gasteiger partial charge in [-0.2, -0.15) is 4.31 Å². The average molecular weight is 380 g/mol. The van der Waals surface area contributed by atoms with E-state index in [1.165, 1.54) is 4.31 Å². The molecule has 26 heavy (non-hydrogen) atoms. The highest BCUT2D eigenvalue weighted by Crippen LogP contribution is 2.46. The van der Waals surface area contributed by atoms with E-state index in [9.17, 15) is 13.2 Å². The molecule has 0 unspecified atom stereocenters. The number of hydrogen-bond donors (Lipinski definition) is 0. The van der Waals surface area contributed by atoms with Crippen LogP contribution in [0.4, 0.5) is 0 Å². The number of carbonyl (C=O) groups is 1. The number of nitrogens with zero attached hydrogens (tertiary/aromatic N) is 2. The summed E-state index contributed by atoms with van der Waals surface area (Å²) in [5, 5.41) is -0.529. The third kappa shape index (κ3) is 2.71. The molecule has 1 aromatic carbocycles. The molecule has 0 aliphatic carbocycles. The summed E-state index contributed by atoms with van der Waals surface area (Å²) >= 11 is 0. The van der Waals surface area contributed by atoms with Crippen LogP contribution in [-0.4, -0.2) is 73.8 Å². The van der Waals surface area contributed by atoms with Crippen LogP contribution < -0.4 is 4.74 Å². The van der Waals surface area contributed by atoms with Crippen LogP contribution in [0.15, 0.2) is 24.3 Å². The van der Waals surface area contributed by atoms with Crippen molar-refractivity contribution in [3.63, 3.8) is 0 Å². The quantitative estimate of drug-likeness (QED) is 0.766. The van der Waals surface area contributed by atoms with Crippen molar-refractivity contribution in [3.8, 4) is 5.75 Å². The van der Waals surface area contributed by atoms with Crippen molar-refractivity contribution in [1.29, 1.82) is 0 Å². The maximum atomic E-state index is 12.8. The molecule has 8 heteroatoms. The van der Waals surface area contributed by atoms with E-state index in [2.05, 4.69) is 0 Å². The lowest BCUT2D eigenvalue weighted by atomic mass is 9.99. The summed E-state index contributed by atoms with van der Waals surface area (Å²) in [6, 6.07) is 7.43. The zero-order valence-electron chi connectivity index (χ0n) is 15.1. The molecule has 4 rings (SSSR count). The highest BCUT2D eigenvalue weighted by molar-refractivity contribution is 7.90. The second-order valence-electron chi connectivity index (χ2n) is 7.30. The summed E-state index contributed by atoms with van der Waals surface area (Å²) in [4.78, 5) is 14.6. The highest BCUT2D eigenvalue weighted by atomic mass is 32.2. The second-order valence-corrected chi connectivity index (χ2v) is 9.41. The van der Waals surface area contributed by atoms with Crippen molar-refractivity contribution in [2.45, 2.75) is 36.7 Å². The van der Waals surface area contributed by atoms with Crippen LogP contribution in [0, 0.1) is 0 Å². The molecule has 3 aliphatic heterocycles. The minimum absolute atomic E-state index is 0.0100. The van der Waals surface area contributed by atoms with E-state index in [-0.39, 0.29) is 12.0 Å². The second kappa shape index (κ2) is 6.21. The number of sulfonamides is 1. The van der Waals surface area contributed by atoms with Crippen molar-refractivity contribution in [2.75, 3.05) is 33.3 Å². The molecular weight excluding hydrogens is 356 g/mol. The average Bonchev–Trinajstić information content (AvgIpc) is 3.00. The number of likely N-dealkylation sites (tertiary alicyclic amines) is 1. The number of likely N-dealkylation sites (N-methyl/N-ethyl adjacent to an activating group) is 1. The number of ether oxygens (including phenoxy) is 2. The Labute approximate surface area is 153 Å². The lowest BCUT2D eigenvalue weighted by Crippen LogP contribution is -2.56. The topological polar surface area (TPSA) is 76.2 Å². The summed E-state index contributed by atoms with van der Waals surface area (Å²) in [5.41, 5.74) is 0.144.